The van der Waals surface area contributed by atoms with Gasteiger partial charge in [-0.2, -0.15) is 5.10 Å². The van der Waals surface area contributed by atoms with E-state index in [1.54, 1.807) is 0 Å². The van der Waals surface area contributed by atoms with E-state index in [2.05, 4.69) is 18.1 Å². The lowest BCUT2D eigenvalue weighted by Gasteiger charge is -2.32. The monoisotopic (exact) mass is 282 g/mol. The Bertz CT molecular complexity index is 455. The number of aromatic nitrogens is 2. The largest absolute Gasteiger partial charge is 0.377 e. The SMILES string of the molecule is CCc1cc(CC2(CCl)CCOC2C2CC2)n(C)n1. The number of halogens is 1. The van der Waals surface area contributed by atoms with Gasteiger partial charge in [0.05, 0.1) is 11.8 Å². The van der Waals surface area contributed by atoms with E-state index in [9.17, 15) is 0 Å². The summed E-state index contributed by atoms with van der Waals surface area (Å²) in [7, 11) is 2.04. The first-order chi connectivity index (χ1) is 9.18. The second-order valence-electron chi connectivity index (χ2n) is 6.16. The van der Waals surface area contributed by atoms with Gasteiger partial charge in [-0.25, -0.2) is 0 Å². The average Bonchev–Trinajstić information content (AvgIpc) is 3.08. The van der Waals surface area contributed by atoms with Crippen molar-refractivity contribution in [1.29, 1.82) is 0 Å². The Kier molecular flexibility index (Phi) is 3.61. The van der Waals surface area contributed by atoms with Crippen molar-refractivity contribution in [3.8, 4) is 0 Å². The predicted molar refractivity (Wildman–Crippen MR) is 76.5 cm³/mol. The third-order valence-corrected chi connectivity index (χ3v) is 5.27. The average molecular weight is 283 g/mol. The molecule has 3 rings (SSSR count). The Morgan fingerprint density at radius 3 is 2.89 bits per heavy atom. The molecule has 2 heterocycles. The van der Waals surface area contributed by atoms with Gasteiger partial charge in [0.15, 0.2) is 0 Å². The maximum Gasteiger partial charge on any atom is 0.0675 e. The van der Waals surface area contributed by atoms with Gasteiger partial charge in [-0.3, -0.25) is 4.68 Å². The first kappa shape index (κ1) is 13.4. The topological polar surface area (TPSA) is 27.1 Å². The lowest BCUT2D eigenvalue weighted by molar-refractivity contribution is 0.0396. The molecule has 106 valence electrons. The number of rotatable bonds is 5. The van der Waals surface area contributed by atoms with Crippen LogP contribution in [0.4, 0.5) is 0 Å². The fraction of sp³-hybridized carbons (Fsp3) is 0.800. The molecule has 1 aliphatic carbocycles. The number of hydrogen-bond donors (Lipinski definition) is 0. The van der Waals surface area contributed by atoms with Gasteiger partial charge in [-0.1, -0.05) is 6.92 Å². The van der Waals surface area contributed by atoms with Crippen LogP contribution in [0.2, 0.25) is 0 Å². The molecule has 19 heavy (non-hydrogen) atoms. The lowest BCUT2D eigenvalue weighted by Crippen LogP contribution is -2.37. The molecule has 0 spiro atoms. The summed E-state index contributed by atoms with van der Waals surface area (Å²) in [6, 6.07) is 2.23. The minimum atomic E-state index is 0.127. The highest BCUT2D eigenvalue weighted by molar-refractivity contribution is 6.18. The van der Waals surface area contributed by atoms with Crippen LogP contribution < -0.4 is 0 Å². The minimum Gasteiger partial charge on any atom is -0.377 e. The molecule has 0 radical (unpaired) electrons. The van der Waals surface area contributed by atoms with Crippen molar-refractivity contribution >= 4 is 11.6 Å². The van der Waals surface area contributed by atoms with Crippen LogP contribution in [0.15, 0.2) is 6.07 Å². The van der Waals surface area contributed by atoms with Gasteiger partial charge < -0.3 is 4.74 Å². The van der Waals surface area contributed by atoms with Gasteiger partial charge in [-0.15, -0.1) is 11.6 Å². The molecule has 0 bridgehead atoms. The molecule has 2 unspecified atom stereocenters. The number of ether oxygens (including phenoxy) is 1. The minimum absolute atomic E-state index is 0.127. The van der Waals surface area contributed by atoms with Crippen LogP contribution in [-0.4, -0.2) is 28.4 Å². The normalized spacial score (nSPS) is 31.0. The van der Waals surface area contributed by atoms with Crippen LogP contribution in [0.5, 0.6) is 0 Å². The van der Waals surface area contributed by atoms with Crippen LogP contribution in [-0.2, 0) is 24.6 Å². The fourth-order valence-corrected chi connectivity index (χ4v) is 3.77. The van der Waals surface area contributed by atoms with Crippen molar-refractivity contribution in [3.63, 3.8) is 0 Å². The maximum atomic E-state index is 6.36. The first-order valence-electron chi connectivity index (χ1n) is 7.38. The van der Waals surface area contributed by atoms with Crippen LogP contribution in [0.25, 0.3) is 0 Å². The molecule has 1 saturated heterocycles. The summed E-state index contributed by atoms with van der Waals surface area (Å²) < 4.78 is 8.04. The van der Waals surface area contributed by atoms with Crippen LogP contribution in [0, 0.1) is 11.3 Å². The molecule has 1 saturated carbocycles. The van der Waals surface area contributed by atoms with E-state index in [1.807, 2.05) is 11.7 Å². The molecule has 0 amide bonds. The molecule has 1 aromatic heterocycles. The van der Waals surface area contributed by atoms with Gasteiger partial charge in [0.25, 0.3) is 0 Å². The molecular weight excluding hydrogens is 260 g/mol. The Morgan fingerprint density at radius 1 is 1.53 bits per heavy atom. The van der Waals surface area contributed by atoms with E-state index in [0.717, 1.165) is 31.8 Å². The molecule has 2 atom stereocenters. The fourth-order valence-electron chi connectivity index (χ4n) is 3.39. The van der Waals surface area contributed by atoms with Gasteiger partial charge in [0, 0.05) is 30.6 Å². The van der Waals surface area contributed by atoms with E-state index < -0.39 is 0 Å². The smallest absolute Gasteiger partial charge is 0.0675 e. The zero-order valence-electron chi connectivity index (χ0n) is 11.9. The molecule has 0 N–H and O–H groups in total. The third kappa shape index (κ3) is 2.43. The molecule has 1 aromatic rings. The van der Waals surface area contributed by atoms with Crippen LogP contribution in [0.1, 0.15) is 37.6 Å². The summed E-state index contributed by atoms with van der Waals surface area (Å²) in [6.07, 6.45) is 6.07. The van der Waals surface area contributed by atoms with E-state index >= 15 is 0 Å². The number of nitrogens with zero attached hydrogens (tertiary/aromatic N) is 2. The highest BCUT2D eigenvalue weighted by atomic mass is 35.5. The summed E-state index contributed by atoms with van der Waals surface area (Å²) in [5, 5.41) is 4.55. The summed E-state index contributed by atoms with van der Waals surface area (Å²) in [5.74, 6) is 1.45. The van der Waals surface area contributed by atoms with Crippen molar-refractivity contribution < 1.29 is 4.74 Å². The van der Waals surface area contributed by atoms with E-state index in [-0.39, 0.29) is 5.41 Å². The second kappa shape index (κ2) is 5.10. The standard InChI is InChI=1S/C15H23ClN2O/c1-3-12-8-13(18(2)17-12)9-15(10-16)6-7-19-14(15)11-4-5-11/h8,11,14H,3-7,9-10H2,1-2H3. The molecule has 1 aliphatic heterocycles. The predicted octanol–water partition coefficient (Wildman–Crippen LogP) is 2.95. The zero-order chi connectivity index (χ0) is 13.5. The Hall–Kier alpha value is -0.540. The number of alkyl halides is 1. The molecular formula is C15H23ClN2O. The summed E-state index contributed by atoms with van der Waals surface area (Å²) in [6.45, 7) is 3.02. The zero-order valence-corrected chi connectivity index (χ0v) is 12.6. The maximum absolute atomic E-state index is 6.36. The van der Waals surface area contributed by atoms with Crippen LogP contribution in [0.3, 0.4) is 0 Å². The Labute approximate surface area is 120 Å². The van der Waals surface area contributed by atoms with Crippen molar-refractivity contribution in [2.75, 3.05) is 12.5 Å². The number of hydrogen-bond acceptors (Lipinski definition) is 2. The summed E-state index contributed by atoms with van der Waals surface area (Å²) in [5.41, 5.74) is 2.60. The van der Waals surface area contributed by atoms with Gasteiger partial charge in [0.2, 0.25) is 0 Å². The van der Waals surface area contributed by atoms with Crippen LogP contribution >= 0.6 is 11.6 Å². The van der Waals surface area contributed by atoms with Crippen molar-refractivity contribution in [2.24, 2.45) is 18.4 Å². The van der Waals surface area contributed by atoms with Gasteiger partial charge in [0.1, 0.15) is 0 Å². The quantitative estimate of drug-likeness (QED) is 0.777. The first-order valence-corrected chi connectivity index (χ1v) is 7.91. The van der Waals surface area contributed by atoms with E-state index in [4.69, 9.17) is 16.3 Å². The summed E-state index contributed by atoms with van der Waals surface area (Å²) in [4.78, 5) is 0. The molecule has 4 heteroatoms. The number of aryl methyl sites for hydroxylation is 2. The Balaban J connectivity index is 1.83. The summed E-state index contributed by atoms with van der Waals surface area (Å²) >= 11 is 6.36. The molecule has 0 aromatic carbocycles. The highest BCUT2D eigenvalue weighted by Crippen LogP contribution is 2.50. The van der Waals surface area contributed by atoms with Crippen molar-refractivity contribution in [1.82, 2.24) is 9.78 Å². The Morgan fingerprint density at radius 2 is 2.32 bits per heavy atom. The second-order valence-corrected chi connectivity index (χ2v) is 6.42. The van der Waals surface area contributed by atoms with E-state index in [0.29, 0.717) is 12.0 Å². The molecule has 3 nitrogen and oxygen atoms in total. The molecule has 2 fully saturated rings. The van der Waals surface area contributed by atoms with Crippen molar-refractivity contribution in [3.05, 3.63) is 17.5 Å². The van der Waals surface area contributed by atoms with Crippen molar-refractivity contribution in [2.45, 2.75) is 45.1 Å². The molecule has 2 aliphatic rings. The van der Waals surface area contributed by atoms with Gasteiger partial charge >= 0.3 is 0 Å². The van der Waals surface area contributed by atoms with Gasteiger partial charge in [-0.05, 0) is 44.1 Å². The highest BCUT2D eigenvalue weighted by Gasteiger charge is 2.50. The lowest BCUT2D eigenvalue weighted by atomic mass is 9.77. The third-order valence-electron chi connectivity index (χ3n) is 4.74. The van der Waals surface area contributed by atoms with E-state index in [1.165, 1.54) is 24.2 Å².